The van der Waals surface area contributed by atoms with Gasteiger partial charge in [-0.05, 0) is 12.1 Å². The SMILES string of the molecule is CN(C)C(=O)Nc1c(Cl)cc(S(N)(=O)=O)cc1Cl. The van der Waals surface area contributed by atoms with E-state index in [2.05, 4.69) is 5.32 Å². The normalized spacial score (nSPS) is 11.2. The molecule has 1 aromatic rings. The van der Waals surface area contributed by atoms with Gasteiger partial charge in [0.1, 0.15) is 0 Å². The molecule has 6 nitrogen and oxygen atoms in total. The van der Waals surface area contributed by atoms with Gasteiger partial charge < -0.3 is 10.2 Å². The highest BCUT2D eigenvalue weighted by molar-refractivity contribution is 7.89. The monoisotopic (exact) mass is 311 g/mol. The highest BCUT2D eigenvalue weighted by Gasteiger charge is 2.16. The van der Waals surface area contributed by atoms with E-state index >= 15 is 0 Å². The number of urea groups is 1. The molecule has 3 N–H and O–H groups in total. The Hall–Kier alpha value is -1.02. The first-order valence-electron chi connectivity index (χ1n) is 4.63. The lowest BCUT2D eigenvalue weighted by Crippen LogP contribution is -2.27. The maximum absolute atomic E-state index is 11.5. The number of primary sulfonamides is 1. The van der Waals surface area contributed by atoms with Gasteiger partial charge in [-0.15, -0.1) is 0 Å². The number of sulfonamides is 1. The van der Waals surface area contributed by atoms with Crippen LogP contribution in [0.2, 0.25) is 10.0 Å². The zero-order chi connectivity index (χ0) is 14.1. The van der Waals surface area contributed by atoms with Crippen LogP contribution in [0.1, 0.15) is 0 Å². The van der Waals surface area contributed by atoms with Crippen molar-refractivity contribution < 1.29 is 13.2 Å². The maximum atomic E-state index is 11.5. The van der Waals surface area contributed by atoms with Crippen LogP contribution in [0.4, 0.5) is 10.5 Å². The molecular weight excluding hydrogens is 301 g/mol. The van der Waals surface area contributed by atoms with Crippen molar-refractivity contribution in [3.8, 4) is 0 Å². The molecule has 0 heterocycles. The molecule has 0 atom stereocenters. The molecule has 1 aromatic carbocycles. The molecule has 18 heavy (non-hydrogen) atoms. The molecule has 0 saturated heterocycles. The minimum atomic E-state index is -3.90. The third kappa shape index (κ3) is 3.49. The number of hydrogen-bond donors (Lipinski definition) is 2. The molecule has 100 valence electrons. The number of nitrogens with two attached hydrogens (primary N) is 1. The van der Waals surface area contributed by atoms with E-state index in [1.165, 1.54) is 19.0 Å². The van der Waals surface area contributed by atoms with E-state index in [4.69, 9.17) is 28.3 Å². The quantitative estimate of drug-likeness (QED) is 0.871. The van der Waals surface area contributed by atoms with E-state index in [9.17, 15) is 13.2 Å². The minimum Gasteiger partial charge on any atom is -0.331 e. The summed E-state index contributed by atoms with van der Waals surface area (Å²) < 4.78 is 22.3. The standard InChI is InChI=1S/C9H11Cl2N3O3S/c1-14(2)9(15)13-8-6(10)3-5(4-7(8)11)18(12,16)17/h3-4H,1-2H3,(H,13,15)(H2,12,16,17). The average molecular weight is 312 g/mol. The van der Waals surface area contributed by atoms with E-state index in [0.717, 1.165) is 12.1 Å². The second-order valence-electron chi connectivity index (χ2n) is 3.63. The van der Waals surface area contributed by atoms with Crippen LogP contribution in [-0.4, -0.2) is 33.4 Å². The second-order valence-corrected chi connectivity index (χ2v) is 6.01. The van der Waals surface area contributed by atoms with Crippen LogP contribution in [0, 0.1) is 0 Å². The number of hydrogen-bond acceptors (Lipinski definition) is 3. The van der Waals surface area contributed by atoms with Gasteiger partial charge in [-0.3, -0.25) is 0 Å². The summed E-state index contributed by atoms with van der Waals surface area (Å²) in [5.74, 6) is 0. The molecule has 0 spiro atoms. The Kier molecular flexibility index (Phi) is 4.44. The summed E-state index contributed by atoms with van der Waals surface area (Å²) in [6.07, 6.45) is 0. The highest BCUT2D eigenvalue weighted by atomic mass is 35.5. The molecule has 0 radical (unpaired) electrons. The first-order chi connectivity index (χ1) is 8.12. The molecule has 9 heteroatoms. The lowest BCUT2D eigenvalue weighted by Gasteiger charge is -2.14. The smallest absolute Gasteiger partial charge is 0.321 e. The summed E-state index contributed by atoms with van der Waals surface area (Å²) in [6.45, 7) is 0. The Bertz CT molecular complexity index is 564. The molecule has 0 aliphatic rings. The molecule has 0 unspecified atom stereocenters. The van der Waals surface area contributed by atoms with Crippen molar-refractivity contribution in [1.82, 2.24) is 4.90 Å². The second kappa shape index (κ2) is 5.31. The number of carbonyl (C=O) groups excluding carboxylic acids is 1. The zero-order valence-electron chi connectivity index (χ0n) is 9.57. The summed E-state index contributed by atoms with van der Waals surface area (Å²) in [6, 6.07) is 1.80. The Morgan fingerprint density at radius 3 is 2.06 bits per heavy atom. The van der Waals surface area contributed by atoms with E-state index in [1.54, 1.807) is 0 Å². The van der Waals surface area contributed by atoms with Crippen molar-refractivity contribution in [3.63, 3.8) is 0 Å². The van der Waals surface area contributed by atoms with Crippen LogP contribution < -0.4 is 10.5 Å². The van der Waals surface area contributed by atoms with Gasteiger partial charge in [0, 0.05) is 14.1 Å². The number of rotatable bonds is 2. The number of carbonyl (C=O) groups is 1. The van der Waals surface area contributed by atoms with Gasteiger partial charge >= 0.3 is 6.03 Å². The first-order valence-corrected chi connectivity index (χ1v) is 6.93. The molecule has 0 aromatic heterocycles. The highest BCUT2D eigenvalue weighted by Crippen LogP contribution is 2.33. The van der Waals surface area contributed by atoms with Crippen molar-refractivity contribution in [2.24, 2.45) is 5.14 Å². The van der Waals surface area contributed by atoms with Crippen LogP contribution in [0.5, 0.6) is 0 Å². The van der Waals surface area contributed by atoms with E-state index in [0.29, 0.717) is 0 Å². The summed E-state index contributed by atoms with van der Waals surface area (Å²) in [4.78, 5) is 12.5. The van der Waals surface area contributed by atoms with Gasteiger partial charge in [0.05, 0.1) is 20.6 Å². The number of benzene rings is 1. The molecule has 0 aliphatic heterocycles. The molecule has 0 fully saturated rings. The fourth-order valence-corrected chi connectivity index (χ4v) is 2.33. The third-order valence-electron chi connectivity index (χ3n) is 1.98. The van der Waals surface area contributed by atoms with Crippen LogP contribution in [0.25, 0.3) is 0 Å². The van der Waals surface area contributed by atoms with Crippen LogP contribution in [0.15, 0.2) is 17.0 Å². The molecule has 1 rings (SSSR count). The summed E-state index contributed by atoms with van der Waals surface area (Å²) >= 11 is 11.7. The lowest BCUT2D eigenvalue weighted by atomic mass is 10.3. The van der Waals surface area contributed by atoms with Gasteiger partial charge in [-0.1, -0.05) is 23.2 Å². The number of amides is 2. The Morgan fingerprint density at radius 1 is 1.28 bits per heavy atom. The lowest BCUT2D eigenvalue weighted by molar-refractivity contribution is 0.230. The Balaban J connectivity index is 3.22. The fraction of sp³-hybridized carbons (Fsp3) is 0.222. The number of halogens is 2. The topological polar surface area (TPSA) is 92.5 Å². The van der Waals surface area contributed by atoms with E-state index in [-0.39, 0.29) is 20.6 Å². The van der Waals surface area contributed by atoms with Crippen molar-refractivity contribution in [1.29, 1.82) is 0 Å². The third-order valence-corrected chi connectivity index (χ3v) is 3.47. The van der Waals surface area contributed by atoms with Crippen molar-refractivity contribution >= 4 is 44.9 Å². The van der Waals surface area contributed by atoms with E-state index < -0.39 is 16.1 Å². The van der Waals surface area contributed by atoms with Gasteiger partial charge in [-0.2, -0.15) is 0 Å². The molecule has 0 bridgehead atoms. The predicted octanol–water partition coefficient (Wildman–Crippen LogP) is 1.73. The molecule has 2 amide bonds. The van der Waals surface area contributed by atoms with Crippen molar-refractivity contribution in [2.45, 2.75) is 4.90 Å². The summed E-state index contributed by atoms with van der Waals surface area (Å²) in [5, 5.41) is 7.37. The number of nitrogens with one attached hydrogen (secondary N) is 1. The summed E-state index contributed by atoms with van der Waals surface area (Å²) in [7, 11) is -0.826. The van der Waals surface area contributed by atoms with Crippen LogP contribution >= 0.6 is 23.2 Å². The van der Waals surface area contributed by atoms with Crippen LogP contribution in [0.3, 0.4) is 0 Å². The van der Waals surface area contributed by atoms with Crippen molar-refractivity contribution in [3.05, 3.63) is 22.2 Å². The fourth-order valence-electron chi connectivity index (χ4n) is 1.05. The molecule has 0 aliphatic carbocycles. The minimum absolute atomic E-state index is 0.0123. The van der Waals surface area contributed by atoms with Gasteiger partial charge in [0.2, 0.25) is 10.0 Å². The average Bonchev–Trinajstić information content (AvgIpc) is 2.21. The van der Waals surface area contributed by atoms with E-state index in [1.807, 2.05) is 0 Å². The maximum Gasteiger partial charge on any atom is 0.321 e. The van der Waals surface area contributed by atoms with Crippen molar-refractivity contribution in [2.75, 3.05) is 19.4 Å². The largest absolute Gasteiger partial charge is 0.331 e. The van der Waals surface area contributed by atoms with Gasteiger partial charge in [-0.25, -0.2) is 18.4 Å². The number of nitrogens with zero attached hydrogens (tertiary/aromatic N) is 1. The Morgan fingerprint density at radius 2 is 1.72 bits per heavy atom. The predicted molar refractivity (Wildman–Crippen MR) is 70.5 cm³/mol. The van der Waals surface area contributed by atoms with Gasteiger partial charge in [0.25, 0.3) is 0 Å². The summed E-state index contributed by atoms with van der Waals surface area (Å²) in [5.41, 5.74) is 0.129. The molecule has 0 saturated carbocycles. The Labute approximate surface area is 115 Å². The van der Waals surface area contributed by atoms with Crippen LogP contribution in [-0.2, 0) is 10.0 Å². The number of anilines is 1. The van der Waals surface area contributed by atoms with Gasteiger partial charge in [0.15, 0.2) is 0 Å². The first kappa shape index (κ1) is 15.0. The zero-order valence-corrected chi connectivity index (χ0v) is 11.9. The molecular formula is C9H11Cl2N3O3S.